The SMILES string of the molecule is CCOC(=O)C(F)(F)[C@](C)(N[S@@+](C)[O-])c1ccccc1F. The maximum atomic E-state index is 14.4. The molecule has 0 radical (unpaired) electrons. The summed E-state index contributed by atoms with van der Waals surface area (Å²) < 4.78 is 60.6. The van der Waals surface area contributed by atoms with Crippen molar-refractivity contribution < 1.29 is 27.3 Å². The number of alkyl halides is 2. The summed E-state index contributed by atoms with van der Waals surface area (Å²) in [5.74, 6) is -6.87. The van der Waals surface area contributed by atoms with Gasteiger partial charge in [0.05, 0.1) is 6.61 Å². The van der Waals surface area contributed by atoms with Gasteiger partial charge in [-0.05, 0) is 19.9 Å². The van der Waals surface area contributed by atoms with Crippen LogP contribution in [0.5, 0.6) is 0 Å². The van der Waals surface area contributed by atoms with Crippen molar-refractivity contribution in [2.45, 2.75) is 25.3 Å². The number of nitrogens with one attached hydrogen (secondary N) is 1. The third-order valence-corrected chi connectivity index (χ3v) is 3.62. The largest absolute Gasteiger partial charge is 0.598 e. The molecule has 1 rings (SSSR count). The van der Waals surface area contributed by atoms with Gasteiger partial charge in [0.25, 0.3) is 0 Å². The van der Waals surface area contributed by atoms with Crippen molar-refractivity contribution in [3.63, 3.8) is 0 Å². The molecule has 0 aliphatic carbocycles. The molecular formula is C13H16F3NO3S. The molecular weight excluding hydrogens is 307 g/mol. The van der Waals surface area contributed by atoms with Crippen LogP contribution in [0.25, 0.3) is 0 Å². The van der Waals surface area contributed by atoms with Crippen LogP contribution < -0.4 is 4.72 Å². The van der Waals surface area contributed by atoms with Gasteiger partial charge in [-0.25, -0.2) is 9.18 Å². The van der Waals surface area contributed by atoms with Gasteiger partial charge < -0.3 is 9.29 Å². The fraction of sp³-hybridized carbons (Fsp3) is 0.462. The highest BCUT2D eigenvalue weighted by atomic mass is 32.2. The Morgan fingerprint density at radius 1 is 1.43 bits per heavy atom. The summed E-state index contributed by atoms with van der Waals surface area (Å²) in [5, 5.41) is 0. The Kier molecular flexibility index (Phi) is 5.66. The van der Waals surface area contributed by atoms with Crippen molar-refractivity contribution in [2.24, 2.45) is 0 Å². The summed E-state index contributed by atoms with van der Waals surface area (Å²) in [6.07, 6.45) is 1.11. The number of carbonyl (C=O) groups is 1. The molecule has 0 aliphatic heterocycles. The average Bonchev–Trinajstić information content (AvgIpc) is 2.38. The number of hydrogen-bond donors (Lipinski definition) is 1. The highest BCUT2D eigenvalue weighted by molar-refractivity contribution is 7.88. The molecule has 0 saturated carbocycles. The molecule has 1 aromatic rings. The smallest absolute Gasteiger partial charge is 0.379 e. The molecule has 0 amide bonds. The zero-order chi connectivity index (χ0) is 16.3. The van der Waals surface area contributed by atoms with Gasteiger partial charge in [0.15, 0.2) is 5.54 Å². The second-order valence-corrected chi connectivity index (χ2v) is 5.57. The Bertz CT molecular complexity index is 513. The molecule has 4 nitrogen and oxygen atoms in total. The number of carbonyl (C=O) groups excluding carboxylic acids is 1. The van der Waals surface area contributed by atoms with Gasteiger partial charge in [-0.3, -0.25) is 0 Å². The molecule has 0 heterocycles. The Labute approximate surface area is 124 Å². The fourth-order valence-electron chi connectivity index (χ4n) is 1.87. The zero-order valence-corrected chi connectivity index (χ0v) is 12.6. The third kappa shape index (κ3) is 3.50. The standard InChI is InChI=1S/C13H16F3NO3S/c1-4-20-11(18)13(15,16)12(2,17-21(3)19)9-7-5-6-8-10(9)14/h5-8,17H,4H2,1-3H3/t12-,21-/m1/s1. The summed E-state index contributed by atoms with van der Waals surface area (Å²) >= 11 is -1.92. The lowest BCUT2D eigenvalue weighted by atomic mass is 9.86. The minimum absolute atomic E-state index is 0.253. The Morgan fingerprint density at radius 3 is 2.48 bits per heavy atom. The molecule has 0 bridgehead atoms. The molecule has 0 spiro atoms. The zero-order valence-electron chi connectivity index (χ0n) is 11.8. The number of benzene rings is 1. The summed E-state index contributed by atoms with van der Waals surface area (Å²) in [7, 11) is 0. The second-order valence-electron chi connectivity index (χ2n) is 4.46. The minimum atomic E-state index is -4.11. The van der Waals surface area contributed by atoms with Gasteiger partial charge in [-0.15, -0.1) is 4.72 Å². The van der Waals surface area contributed by atoms with Gasteiger partial charge in [-0.2, -0.15) is 8.78 Å². The summed E-state index contributed by atoms with van der Waals surface area (Å²) in [6, 6.07) is 4.75. The Balaban J connectivity index is 3.40. The minimum Gasteiger partial charge on any atom is -0.598 e. The van der Waals surface area contributed by atoms with Gasteiger partial charge in [-0.1, -0.05) is 18.2 Å². The van der Waals surface area contributed by atoms with E-state index in [1.165, 1.54) is 19.1 Å². The molecule has 0 aliphatic rings. The third-order valence-electron chi connectivity index (χ3n) is 2.92. The highest BCUT2D eigenvalue weighted by Gasteiger charge is 2.61. The van der Waals surface area contributed by atoms with E-state index < -0.39 is 40.2 Å². The van der Waals surface area contributed by atoms with Crippen molar-refractivity contribution in [1.82, 2.24) is 4.72 Å². The molecule has 0 aromatic heterocycles. The van der Waals surface area contributed by atoms with Crippen LogP contribution in [0, 0.1) is 5.82 Å². The van der Waals surface area contributed by atoms with E-state index in [0.717, 1.165) is 25.3 Å². The molecule has 8 heteroatoms. The van der Waals surface area contributed by atoms with E-state index in [2.05, 4.69) is 9.46 Å². The van der Waals surface area contributed by atoms with Crippen LogP contribution in [0.2, 0.25) is 0 Å². The molecule has 0 unspecified atom stereocenters. The Morgan fingerprint density at radius 2 is 2.00 bits per heavy atom. The molecule has 1 N–H and O–H groups in total. The predicted octanol–water partition coefficient (Wildman–Crippen LogP) is 2.12. The molecule has 2 atom stereocenters. The second kappa shape index (κ2) is 6.67. The maximum Gasteiger partial charge on any atom is 0.379 e. The normalized spacial score (nSPS) is 16.1. The van der Waals surface area contributed by atoms with Crippen LogP contribution in [-0.2, 0) is 26.4 Å². The first kappa shape index (κ1) is 17.8. The van der Waals surface area contributed by atoms with Crippen molar-refractivity contribution in [3.8, 4) is 0 Å². The topological polar surface area (TPSA) is 61.4 Å². The quantitative estimate of drug-likeness (QED) is 0.643. The van der Waals surface area contributed by atoms with Crippen molar-refractivity contribution in [3.05, 3.63) is 35.6 Å². The number of hydrogen-bond acceptors (Lipinski definition) is 4. The number of halogens is 3. The van der Waals surface area contributed by atoms with E-state index in [9.17, 15) is 22.5 Å². The van der Waals surface area contributed by atoms with Gasteiger partial charge in [0.2, 0.25) is 0 Å². The van der Waals surface area contributed by atoms with Gasteiger partial charge in [0.1, 0.15) is 12.1 Å². The maximum absolute atomic E-state index is 14.4. The van der Waals surface area contributed by atoms with Gasteiger partial charge in [0, 0.05) is 16.9 Å². The van der Waals surface area contributed by atoms with E-state index in [1.54, 1.807) is 0 Å². The number of ether oxygens (including phenoxy) is 1. The molecule has 21 heavy (non-hydrogen) atoms. The van der Waals surface area contributed by atoms with Crippen molar-refractivity contribution >= 4 is 17.3 Å². The van der Waals surface area contributed by atoms with E-state index in [-0.39, 0.29) is 6.61 Å². The van der Waals surface area contributed by atoms with Crippen LogP contribution >= 0.6 is 0 Å². The first-order valence-electron chi connectivity index (χ1n) is 6.08. The fourth-order valence-corrected chi connectivity index (χ4v) is 2.68. The summed E-state index contributed by atoms with van der Waals surface area (Å²) in [4.78, 5) is 11.5. The van der Waals surface area contributed by atoms with Gasteiger partial charge >= 0.3 is 11.9 Å². The molecule has 0 saturated heterocycles. The van der Waals surface area contributed by atoms with E-state index in [0.29, 0.717) is 0 Å². The lowest BCUT2D eigenvalue weighted by molar-refractivity contribution is -0.183. The lowest BCUT2D eigenvalue weighted by Gasteiger charge is -2.35. The molecule has 0 fully saturated rings. The summed E-state index contributed by atoms with van der Waals surface area (Å²) in [6.45, 7) is 2.03. The van der Waals surface area contributed by atoms with Crippen molar-refractivity contribution in [1.29, 1.82) is 0 Å². The monoisotopic (exact) mass is 323 g/mol. The van der Waals surface area contributed by atoms with Crippen LogP contribution in [0.4, 0.5) is 13.2 Å². The number of rotatable bonds is 6. The van der Waals surface area contributed by atoms with Crippen LogP contribution in [0.1, 0.15) is 19.4 Å². The first-order chi connectivity index (χ1) is 9.66. The van der Waals surface area contributed by atoms with E-state index in [1.807, 2.05) is 0 Å². The van der Waals surface area contributed by atoms with Crippen LogP contribution in [0.3, 0.4) is 0 Å². The first-order valence-corrected chi connectivity index (χ1v) is 7.64. The van der Waals surface area contributed by atoms with E-state index >= 15 is 0 Å². The predicted molar refractivity (Wildman–Crippen MR) is 72.5 cm³/mol. The summed E-state index contributed by atoms with van der Waals surface area (Å²) in [5.41, 5.74) is -2.98. The lowest BCUT2D eigenvalue weighted by Crippen LogP contribution is -2.59. The molecule has 1 aromatic carbocycles. The van der Waals surface area contributed by atoms with Crippen molar-refractivity contribution in [2.75, 3.05) is 12.9 Å². The number of esters is 1. The Hall–Kier alpha value is -1.25. The van der Waals surface area contributed by atoms with Crippen LogP contribution in [0.15, 0.2) is 24.3 Å². The van der Waals surface area contributed by atoms with Crippen LogP contribution in [-0.4, -0.2) is 29.3 Å². The van der Waals surface area contributed by atoms with E-state index in [4.69, 9.17) is 0 Å². The average molecular weight is 323 g/mol. The molecule has 118 valence electrons. The highest BCUT2D eigenvalue weighted by Crippen LogP contribution is 2.40.